The van der Waals surface area contributed by atoms with Crippen LogP contribution in [0.4, 0.5) is 11.4 Å². The van der Waals surface area contributed by atoms with Crippen molar-refractivity contribution < 1.29 is 9.59 Å². The number of halogens is 1. The summed E-state index contributed by atoms with van der Waals surface area (Å²) in [7, 11) is 0. The van der Waals surface area contributed by atoms with Gasteiger partial charge in [0.25, 0.3) is 11.8 Å². The van der Waals surface area contributed by atoms with Crippen LogP contribution >= 0.6 is 11.6 Å². The second kappa shape index (κ2) is 4.20. The van der Waals surface area contributed by atoms with Crippen LogP contribution in [0.5, 0.6) is 0 Å². The van der Waals surface area contributed by atoms with Crippen molar-refractivity contribution in [3.8, 4) is 0 Å². The van der Waals surface area contributed by atoms with Crippen molar-refractivity contribution in [3.05, 3.63) is 58.6 Å². The second-order valence-electron chi connectivity index (χ2n) is 4.89. The lowest BCUT2D eigenvalue weighted by molar-refractivity contribution is -0.112. The summed E-state index contributed by atoms with van der Waals surface area (Å²) >= 11 is 6.02. The molecule has 0 saturated heterocycles. The number of amides is 2. The van der Waals surface area contributed by atoms with Gasteiger partial charge >= 0.3 is 0 Å². The van der Waals surface area contributed by atoms with E-state index in [4.69, 9.17) is 11.6 Å². The highest BCUT2D eigenvalue weighted by Gasteiger charge is 2.34. The summed E-state index contributed by atoms with van der Waals surface area (Å²) in [6.45, 7) is 0. The quantitative estimate of drug-likeness (QED) is 0.734. The Kier molecular flexibility index (Phi) is 2.43. The molecule has 0 atom stereocenters. The molecule has 2 aromatic rings. The molecule has 0 aromatic heterocycles. The van der Waals surface area contributed by atoms with Crippen molar-refractivity contribution in [2.45, 2.75) is 0 Å². The van der Waals surface area contributed by atoms with Gasteiger partial charge in [-0.1, -0.05) is 29.8 Å². The van der Waals surface area contributed by atoms with Gasteiger partial charge in [-0.25, -0.2) is 0 Å². The van der Waals surface area contributed by atoms with Crippen molar-refractivity contribution in [3.63, 3.8) is 0 Å². The van der Waals surface area contributed by atoms with E-state index in [0.29, 0.717) is 33.1 Å². The molecule has 2 heterocycles. The molecule has 5 heteroatoms. The fourth-order valence-corrected chi connectivity index (χ4v) is 2.93. The van der Waals surface area contributed by atoms with Crippen LogP contribution in [0.25, 0.3) is 11.1 Å². The summed E-state index contributed by atoms with van der Waals surface area (Å²) in [6.07, 6.45) is 0. The first kappa shape index (κ1) is 12.2. The first-order valence-electron chi connectivity index (χ1n) is 6.41. The molecule has 4 rings (SSSR count). The lowest BCUT2D eigenvalue weighted by atomic mass is 9.96. The second-order valence-corrected chi connectivity index (χ2v) is 5.33. The molecule has 2 aliphatic rings. The highest BCUT2D eigenvalue weighted by atomic mass is 35.5. The molecular weight excluding hydrogens is 288 g/mol. The fourth-order valence-electron chi connectivity index (χ4n) is 2.75. The normalized spacial score (nSPS) is 19.1. The zero-order chi connectivity index (χ0) is 14.6. The van der Waals surface area contributed by atoms with Gasteiger partial charge in [0.1, 0.15) is 0 Å². The zero-order valence-electron chi connectivity index (χ0n) is 10.7. The van der Waals surface area contributed by atoms with Crippen LogP contribution < -0.4 is 10.6 Å². The van der Waals surface area contributed by atoms with Crippen LogP contribution in [0.3, 0.4) is 0 Å². The van der Waals surface area contributed by atoms with Gasteiger partial charge in [-0.2, -0.15) is 0 Å². The van der Waals surface area contributed by atoms with E-state index >= 15 is 0 Å². The van der Waals surface area contributed by atoms with Crippen molar-refractivity contribution in [2.75, 3.05) is 10.6 Å². The van der Waals surface area contributed by atoms with E-state index in [1.54, 1.807) is 18.2 Å². The summed E-state index contributed by atoms with van der Waals surface area (Å²) in [5.74, 6) is -0.553. The number of carbonyl (C=O) groups is 2. The largest absolute Gasteiger partial charge is 0.321 e. The standard InChI is InChI=1S/C16H9ClN2O2/c17-8-5-6-12-10(7-8)14(16(21)19-12)13-9-3-1-2-4-11(9)18-15(13)20/h1-7H,(H,18,20)(H,19,21). The topological polar surface area (TPSA) is 58.2 Å². The van der Waals surface area contributed by atoms with Crippen LogP contribution in [0, 0.1) is 0 Å². The van der Waals surface area contributed by atoms with Gasteiger partial charge in [-0.05, 0) is 24.3 Å². The first-order valence-corrected chi connectivity index (χ1v) is 6.79. The molecule has 2 N–H and O–H groups in total. The molecule has 0 radical (unpaired) electrons. The van der Waals surface area contributed by atoms with E-state index in [1.165, 1.54) is 0 Å². The van der Waals surface area contributed by atoms with E-state index in [2.05, 4.69) is 10.6 Å². The average Bonchev–Trinajstić information content (AvgIpc) is 2.94. The third kappa shape index (κ3) is 1.69. The molecule has 21 heavy (non-hydrogen) atoms. The Balaban J connectivity index is 2.04. The third-order valence-electron chi connectivity index (χ3n) is 3.65. The van der Waals surface area contributed by atoms with Gasteiger partial charge in [0.2, 0.25) is 0 Å². The number of fused-ring (bicyclic) bond motifs is 2. The predicted octanol–water partition coefficient (Wildman–Crippen LogP) is 3.16. The number of para-hydroxylation sites is 1. The fraction of sp³-hybridized carbons (Fsp3) is 0. The van der Waals surface area contributed by atoms with Gasteiger partial charge in [0.15, 0.2) is 0 Å². The highest BCUT2D eigenvalue weighted by Crippen LogP contribution is 2.42. The van der Waals surface area contributed by atoms with Gasteiger partial charge < -0.3 is 10.6 Å². The Hall–Kier alpha value is -2.59. The van der Waals surface area contributed by atoms with Gasteiger partial charge in [0, 0.05) is 27.5 Å². The molecule has 0 saturated carbocycles. The summed E-state index contributed by atoms with van der Waals surface area (Å²) in [6, 6.07) is 12.5. The van der Waals surface area contributed by atoms with E-state index in [1.807, 2.05) is 24.3 Å². The highest BCUT2D eigenvalue weighted by molar-refractivity contribution is 6.49. The lowest BCUT2D eigenvalue weighted by Crippen LogP contribution is -2.10. The van der Waals surface area contributed by atoms with Crippen LogP contribution in [-0.2, 0) is 9.59 Å². The smallest absolute Gasteiger partial charge is 0.257 e. The van der Waals surface area contributed by atoms with Crippen molar-refractivity contribution in [2.24, 2.45) is 0 Å². The molecule has 0 fully saturated rings. The average molecular weight is 297 g/mol. The van der Waals surface area contributed by atoms with Gasteiger partial charge in [-0.15, -0.1) is 0 Å². The maximum absolute atomic E-state index is 12.3. The van der Waals surface area contributed by atoms with E-state index in [0.717, 1.165) is 5.56 Å². The molecular formula is C16H9ClN2O2. The maximum atomic E-state index is 12.3. The monoisotopic (exact) mass is 296 g/mol. The Morgan fingerprint density at radius 3 is 2.14 bits per heavy atom. The van der Waals surface area contributed by atoms with E-state index in [9.17, 15) is 9.59 Å². The molecule has 4 nitrogen and oxygen atoms in total. The maximum Gasteiger partial charge on any atom is 0.257 e. The molecule has 0 spiro atoms. The van der Waals surface area contributed by atoms with Crippen molar-refractivity contribution >= 4 is 45.9 Å². The lowest BCUT2D eigenvalue weighted by Gasteiger charge is -2.03. The van der Waals surface area contributed by atoms with Crippen LogP contribution in [0.2, 0.25) is 5.02 Å². The van der Waals surface area contributed by atoms with E-state index < -0.39 is 0 Å². The number of hydrogen-bond donors (Lipinski definition) is 2. The number of rotatable bonds is 0. The van der Waals surface area contributed by atoms with Gasteiger partial charge in [0.05, 0.1) is 11.1 Å². The summed E-state index contributed by atoms with van der Waals surface area (Å²) in [5, 5.41) is 6.07. The summed E-state index contributed by atoms with van der Waals surface area (Å²) in [5.41, 5.74) is 3.55. The van der Waals surface area contributed by atoms with Crippen LogP contribution in [0.15, 0.2) is 42.5 Å². The number of nitrogens with one attached hydrogen (secondary N) is 2. The Labute approximate surface area is 125 Å². The molecule has 102 valence electrons. The molecule has 2 amide bonds. The molecule has 2 aliphatic heterocycles. The minimum absolute atomic E-state index is 0.269. The van der Waals surface area contributed by atoms with Crippen LogP contribution in [0.1, 0.15) is 11.1 Å². The summed E-state index contributed by atoms with van der Waals surface area (Å²) in [4.78, 5) is 24.6. The number of hydrogen-bond acceptors (Lipinski definition) is 2. The zero-order valence-corrected chi connectivity index (χ0v) is 11.5. The SMILES string of the molecule is O=C1Nc2ccccc2C1=C1C(=O)Nc2ccc(Cl)cc21. The molecule has 0 unspecified atom stereocenters. The van der Waals surface area contributed by atoms with Crippen molar-refractivity contribution in [1.29, 1.82) is 0 Å². The van der Waals surface area contributed by atoms with E-state index in [-0.39, 0.29) is 11.8 Å². The number of anilines is 2. The van der Waals surface area contributed by atoms with Gasteiger partial charge in [-0.3, -0.25) is 9.59 Å². The molecule has 2 aromatic carbocycles. The Bertz CT molecular complexity index is 855. The Morgan fingerprint density at radius 2 is 1.38 bits per heavy atom. The number of carbonyl (C=O) groups excluding carboxylic acids is 2. The molecule has 0 aliphatic carbocycles. The minimum Gasteiger partial charge on any atom is -0.321 e. The summed E-state index contributed by atoms with van der Waals surface area (Å²) < 4.78 is 0. The van der Waals surface area contributed by atoms with Crippen LogP contribution in [-0.4, -0.2) is 11.8 Å². The minimum atomic E-state index is -0.283. The van der Waals surface area contributed by atoms with Crippen molar-refractivity contribution in [1.82, 2.24) is 0 Å². The third-order valence-corrected chi connectivity index (χ3v) is 3.88. The number of benzene rings is 2. The predicted molar refractivity (Wildman–Crippen MR) is 82.0 cm³/mol. The molecule has 0 bridgehead atoms. The Morgan fingerprint density at radius 1 is 0.762 bits per heavy atom. The first-order chi connectivity index (χ1) is 10.1.